The van der Waals surface area contributed by atoms with Crippen LogP contribution < -0.4 is 4.74 Å². The second kappa shape index (κ2) is 8.19. The molecule has 1 heterocycles. The summed E-state index contributed by atoms with van der Waals surface area (Å²) in [6, 6.07) is 13.4. The summed E-state index contributed by atoms with van der Waals surface area (Å²) in [4.78, 5) is 25.9. The molecule has 1 aliphatic rings. The minimum atomic E-state index is -0.284. The third-order valence-corrected chi connectivity index (χ3v) is 4.70. The number of hydrogen-bond acceptors (Lipinski definition) is 4. The predicted molar refractivity (Wildman–Crippen MR) is 100 cm³/mol. The van der Waals surface area contributed by atoms with Crippen molar-refractivity contribution in [1.29, 1.82) is 0 Å². The Morgan fingerprint density at radius 1 is 1.15 bits per heavy atom. The maximum Gasteiger partial charge on any atom is 0.293 e. The molecule has 2 aromatic rings. The van der Waals surface area contributed by atoms with Crippen LogP contribution in [0.5, 0.6) is 5.75 Å². The normalized spacial score (nSPS) is 15.8. The molecular weight excluding hydrogens is 353 g/mol. The highest BCUT2D eigenvalue weighted by Crippen LogP contribution is 2.32. The minimum Gasteiger partial charge on any atom is -0.489 e. The third-order valence-electron chi connectivity index (χ3n) is 3.80. The van der Waals surface area contributed by atoms with Crippen molar-refractivity contribution >= 4 is 29.0 Å². The predicted octanol–water partition coefficient (Wildman–Crippen LogP) is 4.85. The standard InChI is InChI=1S/C20H18FNO3S/c1-2-10-22-19(23)18(26-20(22)24)12-15-4-3-5-17(11-15)25-13-14-6-8-16(21)9-7-14/h3-9,11-12H,2,10,13H2,1H3/b18-12+. The van der Waals surface area contributed by atoms with Gasteiger partial charge in [-0.1, -0.05) is 31.2 Å². The second-order valence-electron chi connectivity index (χ2n) is 5.82. The quantitative estimate of drug-likeness (QED) is 0.681. The summed E-state index contributed by atoms with van der Waals surface area (Å²) in [7, 11) is 0. The molecule has 0 atom stereocenters. The number of benzene rings is 2. The summed E-state index contributed by atoms with van der Waals surface area (Å²) < 4.78 is 18.7. The monoisotopic (exact) mass is 371 g/mol. The fourth-order valence-corrected chi connectivity index (χ4v) is 3.37. The van der Waals surface area contributed by atoms with E-state index in [2.05, 4.69) is 0 Å². The smallest absolute Gasteiger partial charge is 0.293 e. The zero-order valence-electron chi connectivity index (χ0n) is 14.3. The number of thioether (sulfide) groups is 1. The molecule has 0 aliphatic carbocycles. The lowest BCUT2D eigenvalue weighted by molar-refractivity contribution is -0.122. The Kier molecular flexibility index (Phi) is 5.73. The zero-order valence-corrected chi connectivity index (χ0v) is 15.1. The van der Waals surface area contributed by atoms with E-state index < -0.39 is 0 Å². The Labute approximate surface area is 155 Å². The van der Waals surface area contributed by atoms with E-state index in [1.54, 1.807) is 24.3 Å². The second-order valence-corrected chi connectivity index (χ2v) is 6.81. The number of carbonyl (C=O) groups is 2. The van der Waals surface area contributed by atoms with Crippen LogP contribution in [-0.4, -0.2) is 22.6 Å². The van der Waals surface area contributed by atoms with Crippen molar-refractivity contribution in [3.8, 4) is 5.75 Å². The Balaban J connectivity index is 1.70. The van der Waals surface area contributed by atoms with Crippen molar-refractivity contribution in [1.82, 2.24) is 4.90 Å². The van der Waals surface area contributed by atoms with Crippen LogP contribution >= 0.6 is 11.8 Å². The lowest BCUT2D eigenvalue weighted by Crippen LogP contribution is -2.28. The molecule has 26 heavy (non-hydrogen) atoms. The van der Waals surface area contributed by atoms with E-state index in [9.17, 15) is 14.0 Å². The molecule has 4 nitrogen and oxygen atoms in total. The number of rotatable bonds is 6. The van der Waals surface area contributed by atoms with Crippen LogP contribution in [0.25, 0.3) is 6.08 Å². The first-order chi connectivity index (χ1) is 12.6. The first-order valence-corrected chi connectivity index (χ1v) is 9.11. The van der Waals surface area contributed by atoms with Crippen LogP contribution in [0, 0.1) is 5.82 Å². The largest absolute Gasteiger partial charge is 0.489 e. The topological polar surface area (TPSA) is 46.6 Å². The molecule has 134 valence electrons. The van der Waals surface area contributed by atoms with Crippen LogP contribution in [0.2, 0.25) is 0 Å². The van der Waals surface area contributed by atoms with Crippen LogP contribution in [0.1, 0.15) is 24.5 Å². The van der Waals surface area contributed by atoms with Crippen LogP contribution in [-0.2, 0) is 11.4 Å². The maximum absolute atomic E-state index is 12.9. The van der Waals surface area contributed by atoms with Gasteiger partial charge in [0.1, 0.15) is 18.2 Å². The highest BCUT2D eigenvalue weighted by Gasteiger charge is 2.34. The SMILES string of the molecule is CCCN1C(=O)S/C(=C/c2cccc(OCc3ccc(F)cc3)c2)C1=O. The van der Waals surface area contributed by atoms with Crippen LogP contribution in [0.3, 0.4) is 0 Å². The molecule has 0 spiro atoms. The first kappa shape index (κ1) is 18.2. The van der Waals surface area contributed by atoms with E-state index in [0.717, 1.165) is 29.3 Å². The van der Waals surface area contributed by atoms with E-state index in [0.29, 0.717) is 23.8 Å². The molecule has 3 rings (SSSR count). The molecular formula is C20H18FNO3S. The number of ether oxygens (including phenoxy) is 1. The van der Waals surface area contributed by atoms with E-state index in [1.807, 2.05) is 25.1 Å². The fraction of sp³-hybridized carbons (Fsp3) is 0.200. The lowest BCUT2D eigenvalue weighted by atomic mass is 10.2. The van der Waals surface area contributed by atoms with Crippen molar-refractivity contribution in [2.24, 2.45) is 0 Å². The number of imide groups is 1. The highest BCUT2D eigenvalue weighted by molar-refractivity contribution is 8.18. The van der Waals surface area contributed by atoms with Gasteiger partial charge >= 0.3 is 0 Å². The van der Waals surface area contributed by atoms with Gasteiger partial charge in [0.25, 0.3) is 11.1 Å². The molecule has 1 saturated heterocycles. The van der Waals surface area contributed by atoms with E-state index >= 15 is 0 Å². The maximum atomic E-state index is 12.9. The zero-order chi connectivity index (χ0) is 18.5. The Hall–Kier alpha value is -2.60. The van der Waals surface area contributed by atoms with Gasteiger partial charge in [0.05, 0.1) is 4.91 Å². The molecule has 1 fully saturated rings. The van der Waals surface area contributed by atoms with Crippen molar-refractivity contribution in [3.63, 3.8) is 0 Å². The minimum absolute atomic E-state index is 0.230. The number of halogens is 1. The molecule has 2 aromatic carbocycles. The summed E-state index contributed by atoms with van der Waals surface area (Å²) in [6.07, 6.45) is 2.43. The molecule has 0 unspecified atom stereocenters. The van der Waals surface area contributed by atoms with Gasteiger partial charge in [0.15, 0.2) is 0 Å². The molecule has 0 aromatic heterocycles. The third kappa shape index (κ3) is 4.32. The van der Waals surface area contributed by atoms with Gasteiger partial charge in [-0.2, -0.15) is 0 Å². The van der Waals surface area contributed by atoms with Crippen molar-refractivity contribution in [2.45, 2.75) is 20.0 Å². The summed E-state index contributed by atoms with van der Waals surface area (Å²) in [5, 5.41) is -0.230. The van der Waals surface area contributed by atoms with Gasteiger partial charge in [-0.05, 0) is 59.7 Å². The van der Waals surface area contributed by atoms with Gasteiger partial charge in [-0.15, -0.1) is 0 Å². The fourth-order valence-electron chi connectivity index (χ4n) is 2.51. The summed E-state index contributed by atoms with van der Waals surface area (Å²) in [5.41, 5.74) is 1.64. The average Bonchev–Trinajstić information content (AvgIpc) is 2.89. The highest BCUT2D eigenvalue weighted by atomic mass is 32.2. The van der Waals surface area contributed by atoms with Crippen molar-refractivity contribution in [2.75, 3.05) is 6.54 Å². The molecule has 0 radical (unpaired) electrons. The van der Waals surface area contributed by atoms with Gasteiger partial charge < -0.3 is 4.74 Å². The van der Waals surface area contributed by atoms with Gasteiger partial charge in [-0.3, -0.25) is 14.5 Å². The summed E-state index contributed by atoms with van der Waals surface area (Å²) in [6.45, 7) is 2.68. The molecule has 6 heteroatoms. The molecule has 0 N–H and O–H groups in total. The van der Waals surface area contributed by atoms with Gasteiger partial charge in [0, 0.05) is 6.54 Å². The van der Waals surface area contributed by atoms with Crippen molar-refractivity contribution < 1.29 is 18.7 Å². The number of carbonyl (C=O) groups excluding carboxylic acids is 2. The summed E-state index contributed by atoms with van der Waals surface area (Å²) in [5.74, 6) is 0.100. The average molecular weight is 371 g/mol. The van der Waals surface area contributed by atoms with Gasteiger partial charge in [0.2, 0.25) is 0 Å². The van der Waals surface area contributed by atoms with Crippen LogP contribution in [0.15, 0.2) is 53.4 Å². The Bertz CT molecular complexity index is 848. The Morgan fingerprint density at radius 3 is 2.65 bits per heavy atom. The van der Waals surface area contributed by atoms with E-state index in [4.69, 9.17) is 4.74 Å². The number of amides is 2. The van der Waals surface area contributed by atoms with Crippen LogP contribution in [0.4, 0.5) is 9.18 Å². The molecule has 1 aliphatic heterocycles. The molecule has 2 amide bonds. The van der Waals surface area contributed by atoms with Gasteiger partial charge in [-0.25, -0.2) is 4.39 Å². The Morgan fingerprint density at radius 2 is 1.92 bits per heavy atom. The molecule has 0 saturated carbocycles. The van der Waals surface area contributed by atoms with E-state index in [1.165, 1.54) is 17.0 Å². The summed E-state index contributed by atoms with van der Waals surface area (Å²) >= 11 is 0.956. The van der Waals surface area contributed by atoms with Crippen molar-refractivity contribution in [3.05, 3.63) is 70.4 Å². The lowest BCUT2D eigenvalue weighted by Gasteiger charge is -2.09. The number of hydrogen-bond donors (Lipinski definition) is 0. The number of nitrogens with zero attached hydrogens (tertiary/aromatic N) is 1. The van der Waals surface area contributed by atoms with E-state index in [-0.39, 0.29) is 17.0 Å². The first-order valence-electron chi connectivity index (χ1n) is 8.29. The molecule has 0 bridgehead atoms.